The molecule has 0 spiro atoms. The van der Waals surface area contributed by atoms with Gasteiger partial charge in [-0.1, -0.05) is 36.3 Å². The molecular weight excluding hydrogens is 332 g/mol. The fraction of sp³-hybridized carbons (Fsp3) is 0.222. The van der Waals surface area contributed by atoms with Crippen molar-refractivity contribution in [3.63, 3.8) is 0 Å². The first-order valence-corrected chi connectivity index (χ1v) is 8.06. The summed E-state index contributed by atoms with van der Waals surface area (Å²) in [5.41, 5.74) is 3.59. The highest BCUT2D eigenvalue weighted by molar-refractivity contribution is 5.91. The number of anilines is 1. The van der Waals surface area contributed by atoms with Gasteiger partial charge in [0.05, 0.1) is 12.1 Å². The summed E-state index contributed by atoms with van der Waals surface area (Å²) < 4.78 is 6.93. The van der Waals surface area contributed by atoms with Crippen molar-refractivity contribution in [2.24, 2.45) is 13.0 Å². The molecule has 8 heteroatoms. The predicted octanol–water partition coefficient (Wildman–Crippen LogP) is 2.39. The fourth-order valence-electron chi connectivity index (χ4n) is 2.41. The number of benzene rings is 1. The lowest BCUT2D eigenvalue weighted by Gasteiger charge is -2.08. The Hall–Kier alpha value is -3.60. The number of rotatable bonds is 6. The minimum absolute atomic E-state index is 0.248. The Labute approximate surface area is 150 Å². The van der Waals surface area contributed by atoms with Gasteiger partial charge in [-0.3, -0.25) is 14.8 Å². The lowest BCUT2D eigenvalue weighted by atomic mass is 10.1. The van der Waals surface area contributed by atoms with Crippen molar-refractivity contribution in [2.75, 3.05) is 11.9 Å². The number of aromatic nitrogens is 3. The van der Waals surface area contributed by atoms with Gasteiger partial charge in [0.15, 0.2) is 6.19 Å². The SMILES string of the molecule is C[C@H](CNC#N)C(=O)Nc1cc(-c2ccc(-c3cnn(C)c3)cc2)no1. The van der Waals surface area contributed by atoms with Gasteiger partial charge in [-0.25, -0.2) is 0 Å². The second-order valence-corrected chi connectivity index (χ2v) is 5.94. The van der Waals surface area contributed by atoms with E-state index in [9.17, 15) is 4.79 Å². The first-order valence-electron chi connectivity index (χ1n) is 8.06. The second-order valence-electron chi connectivity index (χ2n) is 5.94. The molecule has 0 bridgehead atoms. The Morgan fingerprint density at radius 1 is 1.31 bits per heavy atom. The number of hydrogen-bond acceptors (Lipinski definition) is 6. The minimum Gasteiger partial charge on any atom is -0.338 e. The van der Waals surface area contributed by atoms with Gasteiger partial charge in [0.1, 0.15) is 5.69 Å². The number of carbonyl (C=O) groups excluding carboxylic acids is 1. The summed E-state index contributed by atoms with van der Waals surface area (Å²) >= 11 is 0. The molecule has 26 heavy (non-hydrogen) atoms. The Morgan fingerprint density at radius 2 is 2.04 bits per heavy atom. The number of nitrogens with one attached hydrogen (secondary N) is 2. The van der Waals surface area contributed by atoms with Crippen LogP contribution in [0, 0.1) is 17.4 Å². The summed E-state index contributed by atoms with van der Waals surface area (Å²) in [5, 5.41) is 21.8. The summed E-state index contributed by atoms with van der Waals surface area (Å²) in [6, 6.07) is 9.50. The molecule has 0 saturated heterocycles. The molecule has 2 N–H and O–H groups in total. The van der Waals surface area contributed by atoms with Crippen molar-refractivity contribution in [2.45, 2.75) is 6.92 Å². The van der Waals surface area contributed by atoms with E-state index in [0.717, 1.165) is 16.7 Å². The maximum absolute atomic E-state index is 12.0. The molecule has 3 aromatic rings. The first kappa shape index (κ1) is 17.2. The number of nitrogens with zero attached hydrogens (tertiary/aromatic N) is 4. The highest BCUT2D eigenvalue weighted by atomic mass is 16.5. The van der Waals surface area contributed by atoms with Crippen LogP contribution >= 0.6 is 0 Å². The van der Waals surface area contributed by atoms with Gasteiger partial charge in [0.25, 0.3) is 0 Å². The zero-order valence-electron chi connectivity index (χ0n) is 14.4. The van der Waals surface area contributed by atoms with E-state index in [4.69, 9.17) is 9.78 Å². The molecule has 1 aromatic carbocycles. The maximum atomic E-state index is 12.0. The largest absolute Gasteiger partial charge is 0.338 e. The standard InChI is InChI=1S/C18H18N6O2/c1-12(8-20-11-19)18(25)22-17-7-16(23-26-17)14-5-3-13(4-6-14)15-9-21-24(2)10-15/h3-7,9-10,12,20H,8H2,1-2H3,(H,22,25)/t12-/m1/s1. The lowest BCUT2D eigenvalue weighted by molar-refractivity contribution is -0.119. The molecule has 1 amide bonds. The number of hydrogen-bond donors (Lipinski definition) is 2. The molecule has 0 aliphatic rings. The van der Waals surface area contributed by atoms with Crippen LogP contribution in [0.15, 0.2) is 47.2 Å². The third-order valence-corrected chi connectivity index (χ3v) is 3.91. The topological polar surface area (TPSA) is 109 Å². The van der Waals surface area contributed by atoms with Crippen molar-refractivity contribution >= 4 is 11.8 Å². The molecule has 2 aromatic heterocycles. The average Bonchev–Trinajstić information content (AvgIpc) is 3.29. The van der Waals surface area contributed by atoms with Gasteiger partial charge in [-0.2, -0.15) is 10.4 Å². The van der Waals surface area contributed by atoms with E-state index in [1.807, 2.05) is 37.5 Å². The van der Waals surface area contributed by atoms with Crippen LogP contribution in [0.3, 0.4) is 0 Å². The van der Waals surface area contributed by atoms with Crippen molar-refractivity contribution in [3.05, 3.63) is 42.7 Å². The molecule has 3 rings (SSSR count). The molecule has 0 radical (unpaired) electrons. The van der Waals surface area contributed by atoms with Crippen molar-refractivity contribution in [1.82, 2.24) is 20.3 Å². The summed E-state index contributed by atoms with van der Waals surface area (Å²) in [6.07, 6.45) is 5.54. The normalized spacial score (nSPS) is 11.6. The summed E-state index contributed by atoms with van der Waals surface area (Å²) in [5.74, 6) is -0.352. The molecule has 132 valence electrons. The van der Waals surface area contributed by atoms with E-state index in [2.05, 4.69) is 20.9 Å². The highest BCUT2D eigenvalue weighted by Gasteiger charge is 2.15. The van der Waals surface area contributed by atoms with Crippen LogP contribution in [-0.4, -0.2) is 27.4 Å². The summed E-state index contributed by atoms with van der Waals surface area (Å²) in [6.45, 7) is 1.98. The molecule has 0 saturated carbocycles. The van der Waals surface area contributed by atoms with Crippen LogP contribution in [0.2, 0.25) is 0 Å². The molecule has 0 fully saturated rings. The van der Waals surface area contributed by atoms with Crippen molar-refractivity contribution < 1.29 is 9.32 Å². The van der Waals surface area contributed by atoms with E-state index in [-0.39, 0.29) is 24.3 Å². The average molecular weight is 350 g/mol. The maximum Gasteiger partial charge on any atom is 0.231 e. The van der Waals surface area contributed by atoms with Crippen LogP contribution in [-0.2, 0) is 11.8 Å². The van der Waals surface area contributed by atoms with E-state index in [1.165, 1.54) is 0 Å². The number of carbonyl (C=O) groups is 1. The van der Waals surface area contributed by atoms with Crippen LogP contribution in [0.4, 0.5) is 5.88 Å². The van der Waals surface area contributed by atoms with Crippen LogP contribution < -0.4 is 10.6 Å². The third kappa shape index (κ3) is 3.89. The van der Waals surface area contributed by atoms with Crippen LogP contribution in [0.25, 0.3) is 22.4 Å². The zero-order chi connectivity index (χ0) is 18.5. The first-order chi connectivity index (χ1) is 12.6. The van der Waals surface area contributed by atoms with E-state index >= 15 is 0 Å². The molecule has 2 heterocycles. The van der Waals surface area contributed by atoms with Crippen molar-refractivity contribution in [1.29, 1.82) is 5.26 Å². The van der Waals surface area contributed by atoms with E-state index < -0.39 is 0 Å². The Kier molecular flexibility index (Phi) is 4.99. The Bertz CT molecular complexity index is 935. The lowest BCUT2D eigenvalue weighted by Crippen LogP contribution is -2.28. The second kappa shape index (κ2) is 7.53. The molecular formula is C18H18N6O2. The predicted molar refractivity (Wildman–Crippen MR) is 95.6 cm³/mol. The smallest absolute Gasteiger partial charge is 0.231 e. The van der Waals surface area contributed by atoms with E-state index in [1.54, 1.807) is 30.1 Å². The van der Waals surface area contributed by atoms with Gasteiger partial charge < -0.3 is 9.84 Å². The summed E-state index contributed by atoms with van der Waals surface area (Å²) in [4.78, 5) is 12.0. The van der Waals surface area contributed by atoms with Gasteiger partial charge in [-0.15, -0.1) is 0 Å². The Morgan fingerprint density at radius 3 is 2.69 bits per heavy atom. The monoisotopic (exact) mass is 350 g/mol. The number of nitriles is 1. The summed E-state index contributed by atoms with van der Waals surface area (Å²) in [7, 11) is 1.88. The van der Waals surface area contributed by atoms with Gasteiger partial charge in [-0.05, 0) is 5.56 Å². The Balaban J connectivity index is 1.68. The van der Waals surface area contributed by atoms with Crippen LogP contribution in [0.1, 0.15) is 6.92 Å². The zero-order valence-corrected chi connectivity index (χ0v) is 14.4. The minimum atomic E-state index is -0.373. The van der Waals surface area contributed by atoms with Gasteiger partial charge in [0.2, 0.25) is 11.8 Å². The third-order valence-electron chi connectivity index (χ3n) is 3.91. The van der Waals surface area contributed by atoms with Gasteiger partial charge in [0, 0.05) is 37.0 Å². The van der Waals surface area contributed by atoms with Gasteiger partial charge >= 0.3 is 0 Å². The number of amides is 1. The molecule has 1 atom stereocenters. The van der Waals surface area contributed by atoms with Crippen molar-refractivity contribution in [3.8, 4) is 28.6 Å². The quantitative estimate of drug-likeness (QED) is 0.522. The fourth-order valence-corrected chi connectivity index (χ4v) is 2.41. The number of aryl methyl sites for hydroxylation is 1. The van der Waals surface area contributed by atoms with Crippen LogP contribution in [0.5, 0.6) is 0 Å². The molecule has 8 nitrogen and oxygen atoms in total. The highest BCUT2D eigenvalue weighted by Crippen LogP contribution is 2.25. The molecule has 0 aliphatic heterocycles. The molecule has 0 aliphatic carbocycles. The molecule has 0 unspecified atom stereocenters. The van der Waals surface area contributed by atoms with E-state index in [0.29, 0.717) is 5.69 Å².